The van der Waals surface area contributed by atoms with Crippen LogP contribution in [0.3, 0.4) is 0 Å². The van der Waals surface area contributed by atoms with Gasteiger partial charge in [-0.15, -0.1) is 0 Å². The number of rotatable bonds is 5. The van der Waals surface area contributed by atoms with Crippen LogP contribution in [0.4, 0.5) is 11.4 Å². The average Bonchev–Trinajstić information content (AvgIpc) is 2.70. The van der Waals surface area contributed by atoms with E-state index in [1.807, 2.05) is 6.07 Å². The lowest BCUT2D eigenvalue weighted by atomic mass is 10.1. The van der Waals surface area contributed by atoms with Crippen LogP contribution in [0.15, 0.2) is 78.9 Å². The van der Waals surface area contributed by atoms with Crippen molar-refractivity contribution in [1.29, 1.82) is 0 Å². The normalized spacial score (nSPS) is 10.0. The summed E-state index contributed by atoms with van der Waals surface area (Å²) in [6.45, 7) is 0. The van der Waals surface area contributed by atoms with Crippen molar-refractivity contribution >= 4 is 23.2 Å². The van der Waals surface area contributed by atoms with E-state index in [2.05, 4.69) is 10.6 Å². The first-order chi connectivity index (χ1) is 12.7. The Morgan fingerprint density at radius 2 is 1.12 bits per heavy atom. The number of para-hydroxylation sites is 2. The number of carbonyl (C=O) groups excluding carboxylic acids is 2. The molecular formula is C21H18N2O3. The van der Waals surface area contributed by atoms with Crippen LogP contribution in [0.1, 0.15) is 20.7 Å². The van der Waals surface area contributed by atoms with Gasteiger partial charge in [0.05, 0.1) is 18.5 Å². The zero-order valence-corrected chi connectivity index (χ0v) is 14.2. The number of carbonyl (C=O) groups is 2. The van der Waals surface area contributed by atoms with Crippen LogP contribution in [-0.2, 0) is 0 Å². The number of hydrogen-bond acceptors (Lipinski definition) is 3. The number of nitrogens with one attached hydrogen (secondary N) is 2. The van der Waals surface area contributed by atoms with Crippen molar-refractivity contribution in [2.24, 2.45) is 0 Å². The van der Waals surface area contributed by atoms with Crippen molar-refractivity contribution in [3.63, 3.8) is 0 Å². The zero-order chi connectivity index (χ0) is 18.4. The van der Waals surface area contributed by atoms with E-state index >= 15 is 0 Å². The van der Waals surface area contributed by atoms with Gasteiger partial charge in [0, 0.05) is 11.1 Å². The van der Waals surface area contributed by atoms with E-state index < -0.39 is 0 Å². The Morgan fingerprint density at radius 3 is 1.62 bits per heavy atom. The van der Waals surface area contributed by atoms with Crippen molar-refractivity contribution in [3.05, 3.63) is 90.0 Å². The second-order valence-electron chi connectivity index (χ2n) is 5.55. The van der Waals surface area contributed by atoms with Crippen molar-refractivity contribution < 1.29 is 14.3 Å². The zero-order valence-electron chi connectivity index (χ0n) is 14.2. The summed E-state index contributed by atoms with van der Waals surface area (Å²) in [5.74, 6) is 0.169. The highest BCUT2D eigenvalue weighted by Gasteiger charge is 2.12. The van der Waals surface area contributed by atoms with Crippen LogP contribution >= 0.6 is 0 Å². The van der Waals surface area contributed by atoms with Gasteiger partial charge < -0.3 is 15.4 Å². The molecule has 5 heteroatoms. The molecule has 0 unspecified atom stereocenters. The van der Waals surface area contributed by atoms with Gasteiger partial charge in [-0.1, -0.05) is 30.3 Å². The second-order valence-corrected chi connectivity index (χ2v) is 5.55. The van der Waals surface area contributed by atoms with Crippen LogP contribution in [-0.4, -0.2) is 18.9 Å². The predicted octanol–water partition coefficient (Wildman–Crippen LogP) is 4.20. The molecule has 0 aliphatic rings. The largest absolute Gasteiger partial charge is 0.497 e. The summed E-state index contributed by atoms with van der Waals surface area (Å²) in [5, 5.41) is 5.65. The van der Waals surface area contributed by atoms with Gasteiger partial charge in [-0.2, -0.15) is 0 Å². The highest BCUT2D eigenvalue weighted by atomic mass is 16.5. The molecule has 0 spiro atoms. The van der Waals surface area contributed by atoms with E-state index in [0.717, 1.165) is 0 Å². The molecule has 5 nitrogen and oxygen atoms in total. The van der Waals surface area contributed by atoms with E-state index in [9.17, 15) is 9.59 Å². The van der Waals surface area contributed by atoms with Crippen LogP contribution in [0.2, 0.25) is 0 Å². The molecule has 0 fully saturated rings. The quantitative estimate of drug-likeness (QED) is 0.727. The maximum atomic E-state index is 12.5. The van der Waals surface area contributed by atoms with Gasteiger partial charge in [-0.25, -0.2) is 0 Å². The summed E-state index contributed by atoms with van der Waals surface area (Å²) in [6.07, 6.45) is 0. The average molecular weight is 346 g/mol. The monoisotopic (exact) mass is 346 g/mol. The smallest absolute Gasteiger partial charge is 0.255 e. The van der Waals surface area contributed by atoms with E-state index in [0.29, 0.717) is 28.3 Å². The van der Waals surface area contributed by atoms with Crippen molar-refractivity contribution in [2.45, 2.75) is 0 Å². The van der Waals surface area contributed by atoms with Gasteiger partial charge in [0.2, 0.25) is 0 Å². The Kier molecular flexibility index (Phi) is 5.29. The Hall–Kier alpha value is -3.60. The van der Waals surface area contributed by atoms with E-state index in [4.69, 9.17) is 4.74 Å². The number of ether oxygens (including phenoxy) is 1. The maximum Gasteiger partial charge on any atom is 0.255 e. The van der Waals surface area contributed by atoms with E-state index in [1.165, 1.54) is 0 Å². The minimum atomic E-state index is -0.269. The summed E-state index contributed by atoms with van der Waals surface area (Å²) in [6, 6.07) is 22.8. The molecule has 3 aromatic carbocycles. The Bertz CT molecular complexity index is 906. The molecule has 2 N–H and O–H groups in total. The fraction of sp³-hybridized carbons (Fsp3) is 0.0476. The highest BCUT2D eigenvalue weighted by molar-refractivity contribution is 6.09. The lowest BCUT2D eigenvalue weighted by Crippen LogP contribution is -2.16. The first-order valence-corrected chi connectivity index (χ1v) is 8.08. The van der Waals surface area contributed by atoms with Gasteiger partial charge in [0.25, 0.3) is 11.8 Å². The Labute approximate surface area is 151 Å². The molecular weight excluding hydrogens is 328 g/mol. The SMILES string of the molecule is COc1ccc(C(=O)Nc2ccccc2NC(=O)c2ccccc2)cc1. The van der Waals surface area contributed by atoms with Gasteiger partial charge in [0.1, 0.15) is 5.75 Å². The third-order valence-corrected chi connectivity index (χ3v) is 3.81. The molecule has 130 valence electrons. The van der Waals surface area contributed by atoms with Crippen LogP contribution in [0.25, 0.3) is 0 Å². The molecule has 0 atom stereocenters. The lowest BCUT2D eigenvalue weighted by molar-refractivity contribution is 0.101. The molecule has 0 aliphatic heterocycles. The molecule has 3 rings (SSSR count). The molecule has 0 aromatic heterocycles. The fourth-order valence-corrected chi connectivity index (χ4v) is 2.42. The van der Waals surface area contributed by atoms with Crippen molar-refractivity contribution in [2.75, 3.05) is 17.7 Å². The Balaban J connectivity index is 1.76. The first kappa shape index (κ1) is 17.2. The summed E-state index contributed by atoms with van der Waals surface area (Å²) in [5.41, 5.74) is 2.10. The number of anilines is 2. The molecule has 3 aromatic rings. The molecule has 0 saturated carbocycles. The standard InChI is InChI=1S/C21H18N2O3/c1-26-17-13-11-16(12-14-17)21(25)23-19-10-6-5-9-18(19)22-20(24)15-7-3-2-4-8-15/h2-14H,1H3,(H,22,24)(H,23,25). The first-order valence-electron chi connectivity index (χ1n) is 8.08. The number of amides is 2. The van der Waals surface area contributed by atoms with E-state index in [-0.39, 0.29) is 11.8 Å². The van der Waals surface area contributed by atoms with Gasteiger partial charge in [-0.05, 0) is 48.5 Å². The summed E-state index contributed by atoms with van der Waals surface area (Å²) >= 11 is 0. The highest BCUT2D eigenvalue weighted by Crippen LogP contribution is 2.23. The summed E-state index contributed by atoms with van der Waals surface area (Å²) < 4.78 is 5.09. The Morgan fingerprint density at radius 1 is 0.654 bits per heavy atom. The fourth-order valence-electron chi connectivity index (χ4n) is 2.42. The van der Waals surface area contributed by atoms with Crippen LogP contribution in [0.5, 0.6) is 5.75 Å². The maximum absolute atomic E-state index is 12.5. The van der Waals surface area contributed by atoms with Crippen LogP contribution in [0, 0.1) is 0 Å². The minimum absolute atomic E-state index is 0.239. The minimum Gasteiger partial charge on any atom is -0.497 e. The lowest BCUT2D eigenvalue weighted by Gasteiger charge is -2.12. The molecule has 0 bridgehead atoms. The molecule has 26 heavy (non-hydrogen) atoms. The molecule has 2 amide bonds. The molecule has 0 heterocycles. The van der Waals surface area contributed by atoms with Crippen LogP contribution < -0.4 is 15.4 Å². The van der Waals surface area contributed by atoms with E-state index in [1.54, 1.807) is 79.9 Å². The number of methoxy groups -OCH3 is 1. The molecule has 0 aliphatic carbocycles. The van der Waals surface area contributed by atoms with Gasteiger partial charge in [0.15, 0.2) is 0 Å². The third kappa shape index (κ3) is 4.08. The third-order valence-electron chi connectivity index (χ3n) is 3.81. The topological polar surface area (TPSA) is 67.4 Å². The second kappa shape index (κ2) is 7.98. The number of benzene rings is 3. The predicted molar refractivity (Wildman–Crippen MR) is 102 cm³/mol. The number of hydrogen-bond donors (Lipinski definition) is 2. The molecule has 0 radical (unpaired) electrons. The van der Waals surface area contributed by atoms with Crippen molar-refractivity contribution in [3.8, 4) is 5.75 Å². The van der Waals surface area contributed by atoms with Crippen molar-refractivity contribution in [1.82, 2.24) is 0 Å². The summed E-state index contributed by atoms with van der Waals surface area (Å²) in [7, 11) is 1.57. The molecule has 0 saturated heterocycles. The van der Waals surface area contributed by atoms with Gasteiger partial charge in [-0.3, -0.25) is 9.59 Å². The van der Waals surface area contributed by atoms with Gasteiger partial charge >= 0.3 is 0 Å². The summed E-state index contributed by atoms with van der Waals surface area (Å²) in [4.78, 5) is 24.8.